The van der Waals surface area contributed by atoms with Gasteiger partial charge in [0.15, 0.2) is 0 Å². The SMILES string of the molecule is Cc1c(C(=O)O)c2cc(OCC(O)CN3CCOCC3)ccc2n1C. The summed E-state index contributed by atoms with van der Waals surface area (Å²) in [4.78, 5) is 13.7. The van der Waals surface area contributed by atoms with Gasteiger partial charge in [0, 0.05) is 43.3 Å². The average Bonchev–Trinajstić information content (AvgIpc) is 2.84. The van der Waals surface area contributed by atoms with Crippen molar-refractivity contribution in [1.82, 2.24) is 9.47 Å². The standard InChI is InChI=1S/C18H24N2O5/c1-12-17(18(22)23)15-9-14(3-4-16(15)19(12)2)25-11-13(21)10-20-5-7-24-8-6-20/h3-4,9,13,21H,5-8,10-11H2,1-2H3,(H,22,23). The number of hydrogen-bond acceptors (Lipinski definition) is 5. The molecule has 1 saturated heterocycles. The van der Waals surface area contributed by atoms with Gasteiger partial charge in [0.1, 0.15) is 18.5 Å². The fourth-order valence-corrected chi connectivity index (χ4v) is 3.24. The van der Waals surface area contributed by atoms with Crippen LogP contribution in [0.4, 0.5) is 0 Å². The van der Waals surface area contributed by atoms with Crippen LogP contribution in [0, 0.1) is 6.92 Å². The van der Waals surface area contributed by atoms with E-state index in [4.69, 9.17) is 9.47 Å². The molecule has 1 aliphatic rings. The molecular formula is C18H24N2O5. The van der Waals surface area contributed by atoms with Crippen LogP contribution >= 0.6 is 0 Å². The van der Waals surface area contributed by atoms with E-state index in [1.165, 1.54) is 0 Å². The zero-order valence-corrected chi connectivity index (χ0v) is 14.6. The fraction of sp³-hybridized carbons (Fsp3) is 0.500. The number of aryl methyl sites for hydroxylation is 1. The number of β-amino-alcohol motifs (C(OH)–C–C–N with tert-alkyl or cyclic N) is 1. The first-order chi connectivity index (χ1) is 12.0. The molecule has 0 bridgehead atoms. The van der Waals surface area contributed by atoms with Gasteiger partial charge in [-0.05, 0) is 25.1 Å². The van der Waals surface area contributed by atoms with Crippen LogP contribution in [0.15, 0.2) is 18.2 Å². The Hall–Kier alpha value is -2.09. The molecule has 1 aliphatic heterocycles. The summed E-state index contributed by atoms with van der Waals surface area (Å²) in [5.41, 5.74) is 1.83. The number of morpholine rings is 1. The molecule has 7 heteroatoms. The predicted octanol–water partition coefficient (Wildman–Crippen LogP) is 1.26. The van der Waals surface area contributed by atoms with Crippen LogP contribution in [-0.4, -0.2) is 71.2 Å². The van der Waals surface area contributed by atoms with Gasteiger partial charge in [-0.2, -0.15) is 0 Å². The first-order valence-electron chi connectivity index (χ1n) is 8.40. The second kappa shape index (κ2) is 7.43. The number of benzene rings is 1. The number of rotatable bonds is 6. The summed E-state index contributed by atoms with van der Waals surface area (Å²) in [6.45, 7) is 5.50. The zero-order chi connectivity index (χ0) is 18.0. The molecule has 2 N–H and O–H groups in total. The Morgan fingerprint density at radius 1 is 1.36 bits per heavy atom. The monoisotopic (exact) mass is 348 g/mol. The van der Waals surface area contributed by atoms with Gasteiger partial charge in [0.25, 0.3) is 0 Å². The number of fused-ring (bicyclic) bond motifs is 1. The van der Waals surface area contributed by atoms with Gasteiger partial charge in [0.05, 0.1) is 18.8 Å². The summed E-state index contributed by atoms with van der Waals surface area (Å²) in [6, 6.07) is 5.38. The van der Waals surface area contributed by atoms with E-state index in [-0.39, 0.29) is 12.2 Å². The number of aromatic carboxylic acids is 1. The van der Waals surface area contributed by atoms with Crippen molar-refractivity contribution in [1.29, 1.82) is 0 Å². The summed E-state index contributed by atoms with van der Waals surface area (Å²) in [6.07, 6.45) is -0.606. The maximum Gasteiger partial charge on any atom is 0.338 e. The molecule has 0 radical (unpaired) electrons. The molecule has 1 aromatic heterocycles. The van der Waals surface area contributed by atoms with E-state index in [9.17, 15) is 15.0 Å². The molecule has 1 atom stereocenters. The summed E-state index contributed by atoms with van der Waals surface area (Å²) in [5.74, 6) is -0.394. The van der Waals surface area contributed by atoms with Crippen LogP contribution < -0.4 is 4.74 Å². The van der Waals surface area contributed by atoms with Crippen molar-refractivity contribution in [2.24, 2.45) is 7.05 Å². The van der Waals surface area contributed by atoms with Crippen LogP contribution in [-0.2, 0) is 11.8 Å². The number of ether oxygens (including phenoxy) is 2. The molecule has 0 amide bonds. The van der Waals surface area contributed by atoms with Gasteiger partial charge in [0.2, 0.25) is 0 Å². The fourth-order valence-electron chi connectivity index (χ4n) is 3.24. The normalized spacial score (nSPS) is 16.9. The number of aliphatic hydroxyl groups excluding tert-OH is 1. The highest BCUT2D eigenvalue weighted by Gasteiger charge is 2.19. The van der Waals surface area contributed by atoms with Crippen LogP contribution in [0.1, 0.15) is 16.1 Å². The van der Waals surface area contributed by atoms with Crippen molar-refractivity contribution in [2.75, 3.05) is 39.5 Å². The van der Waals surface area contributed by atoms with Crippen molar-refractivity contribution >= 4 is 16.9 Å². The van der Waals surface area contributed by atoms with E-state index in [0.29, 0.717) is 36.6 Å². The number of nitrogens with zero attached hydrogens (tertiary/aromatic N) is 2. The van der Waals surface area contributed by atoms with Crippen LogP contribution in [0.5, 0.6) is 5.75 Å². The van der Waals surface area contributed by atoms with Gasteiger partial charge in [-0.25, -0.2) is 4.79 Å². The lowest BCUT2D eigenvalue weighted by Crippen LogP contribution is -2.42. The lowest BCUT2D eigenvalue weighted by atomic mass is 10.1. The van der Waals surface area contributed by atoms with E-state index in [1.807, 2.05) is 17.7 Å². The highest BCUT2D eigenvalue weighted by molar-refractivity contribution is 6.05. The summed E-state index contributed by atoms with van der Waals surface area (Å²) in [7, 11) is 1.84. The number of hydrogen-bond donors (Lipinski definition) is 2. The van der Waals surface area contributed by atoms with E-state index < -0.39 is 12.1 Å². The topological polar surface area (TPSA) is 84.2 Å². The largest absolute Gasteiger partial charge is 0.491 e. The molecule has 0 saturated carbocycles. The molecule has 2 heterocycles. The van der Waals surface area contributed by atoms with E-state index in [2.05, 4.69) is 4.90 Å². The van der Waals surface area contributed by atoms with Gasteiger partial charge < -0.3 is 24.3 Å². The zero-order valence-electron chi connectivity index (χ0n) is 14.6. The van der Waals surface area contributed by atoms with Crippen molar-refractivity contribution in [3.63, 3.8) is 0 Å². The Morgan fingerprint density at radius 2 is 2.08 bits per heavy atom. The molecular weight excluding hydrogens is 324 g/mol. The van der Waals surface area contributed by atoms with Gasteiger partial charge >= 0.3 is 5.97 Å². The molecule has 0 aliphatic carbocycles. The predicted molar refractivity (Wildman–Crippen MR) is 93.4 cm³/mol. The van der Waals surface area contributed by atoms with E-state index >= 15 is 0 Å². The van der Waals surface area contributed by atoms with Gasteiger partial charge in [-0.3, -0.25) is 4.90 Å². The van der Waals surface area contributed by atoms with Crippen molar-refractivity contribution in [3.8, 4) is 5.75 Å². The third kappa shape index (κ3) is 3.78. The molecule has 1 aromatic carbocycles. The maximum absolute atomic E-state index is 11.5. The molecule has 7 nitrogen and oxygen atoms in total. The highest BCUT2D eigenvalue weighted by Crippen LogP contribution is 2.28. The average molecular weight is 348 g/mol. The third-order valence-electron chi connectivity index (χ3n) is 4.69. The molecule has 1 fully saturated rings. The molecule has 0 spiro atoms. The molecule has 25 heavy (non-hydrogen) atoms. The Balaban J connectivity index is 1.69. The van der Waals surface area contributed by atoms with Crippen LogP contribution in [0.25, 0.3) is 10.9 Å². The lowest BCUT2D eigenvalue weighted by Gasteiger charge is -2.28. The van der Waals surface area contributed by atoms with Gasteiger partial charge in [-0.15, -0.1) is 0 Å². The Kier molecular flexibility index (Phi) is 5.27. The number of carboxylic acids is 1. The van der Waals surface area contributed by atoms with E-state index in [0.717, 1.165) is 18.6 Å². The van der Waals surface area contributed by atoms with Gasteiger partial charge in [-0.1, -0.05) is 0 Å². The van der Waals surface area contributed by atoms with Crippen LogP contribution in [0.2, 0.25) is 0 Å². The minimum absolute atomic E-state index is 0.164. The lowest BCUT2D eigenvalue weighted by molar-refractivity contribution is 0.00466. The smallest absolute Gasteiger partial charge is 0.338 e. The first-order valence-corrected chi connectivity index (χ1v) is 8.40. The number of carbonyl (C=O) groups is 1. The number of carboxylic acid groups (broad SMARTS) is 1. The highest BCUT2D eigenvalue weighted by atomic mass is 16.5. The van der Waals surface area contributed by atoms with Crippen LogP contribution in [0.3, 0.4) is 0 Å². The Labute approximate surface area is 146 Å². The summed E-state index contributed by atoms with van der Waals surface area (Å²) in [5, 5.41) is 20.3. The summed E-state index contributed by atoms with van der Waals surface area (Å²) >= 11 is 0. The summed E-state index contributed by atoms with van der Waals surface area (Å²) < 4.78 is 12.8. The minimum atomic E-state index is -0.951. The molecule has 136 valence electrons. The third-order valence-corrected chi connectivity index (χ3v) is 4.69. The first kappa shape index (κ1) is 17.7. The van der Waals surface area contributed by atoms with Crippen molar-refractivity contribution in [2.45, 2.75) is 13.0 Å². The van der Waals surface area contributed by atoms with Crippen molar-refractivity contribution < 1.29 is 24.5 Å². The quantitative estimate of drug-likeness (QED) is 0.818. The number of aromatic nitrogens is 1. The van der Waals surface area contributed by atoms with Crippen molar-refractivity contribution in [3.05, 3.63) is 29.5 Å². The second-order valence-corrected chi connectivity index (χ2v) is 6.38. The molecule has 2 aromatic rings. The maximum atomic E-state index is 11.5. The number of aliphatic hydroxyl groups is 1. The minimum Gasteiger partial charge on any atom is -0.491 e. The second-order valence-electron chi connectivity index (χ2n) is 6.38. The van der Waals surface area contributed by atoms with E-state index in [1.54, 1.807) is 19.1 Å². The molecule has 1 unspecified atom stereocenters. The molecule has 3 rings (SSSR count). The Morgan fingerprint density at radius 3 is 2.76 bits per heavy atom. The Bertz CT molecular complexity index is 764.